The first-order chi connectivity index (χ1) is 13.1. The van der Waals surface area contributed by atoms with Gasteiger partial charge in [-0.15, -0.1) is 35.5 Å². The zero-order valence-corrected chi connectivity index (χ0v) is 16.9. The normalized spacial score (nSPS) is 11.8. The molecule has 1 N–H and O–H groups in total. The highest BCUT2D eigenvalue weighted by molar-refractivity contribution is 7.80. The second-order valence-corrected chi connectivity index (χ2v) is 6.95. The topological polar surface area (TPSA) is 49.1 Å². The molecule has 0 saturated heterocycles. The Balaban J connectivity index is 1.95. The molecule has 3 aromatic rings. The van der Waals surface area contributed by atoms with Gasteiger partial charge in [0.25, 0.3) is 0 Å². The van der Waals surface area contributed by atoms with Gasteiger partial charge in [0.2, 0.25) is 5.84 Å². The number of rotatable bonds is 4. The van der Waals surface area contributed by atoms with Crippen LogP contribution < -0.4 is 5.43 Å². The number of anilines is 1. The SMILES string of the molecule is Cc1c(S)cccc1N=NC(=NNc1cccc(S)c1C)c1ccccc1. The first kappa shape index (κ1) is 19.2. The van der Waals surface area contributed by atoms with E-state index in [0.717, 1.165) is 37.9 Å². The van der Waals surface area contributed by atoms with Gasteiger partial charge < -0.3 is 0 Å². The van der Waals surface area contributed by atoms with Crippen LogP contribution in [-0.2, 0) is 0 Å². The van der Waals surface area contributed by atoms with Crippen molar-refractivity contribution in [2.24, 2.45) is 15.3 Å². The number of benzene rings is 3. The van der Waals surface area contributed by atoms with Gasteiger partial charge in [-0.05, 0) is 49.2 Å². The van der Waals surface area contributed by atoms with E-state index in [2.05, 4.69) is 46.0 Å². The molecule has 0 unspecified atom stereocenters. The summed E-state index contributed by atoms with van der Waals surface area (Å²) < 4.78 is 0. The van der Waals surface area contributed by atoms with Crippen LogP contribution in [0.4, 0.5) is 11.4 Å². The van der Waals surface area contributed by atoms with Crippen molar-refractivity contribution >= 4 is 42.5 Å². The number of azo groups is 1. The number of hydrazone groups is 1. The summed E-state index contributed by atoms with van der Waals surface area (Å²) in [5.41, 5.74) is 7.59. The molecule has 0 radical (unpaired) electrons. The number of nitrogens with zero attached hydrogens (tertiary/aromatic N) is 3. The Bertz CT molecular complexity index is 998. The standard InChI is InChI=1S/C21H20N4S2/c1-14-17(10-6-12-19(14)26)22-24-21(16-8-4-3-5-9-16)25-23-18-11-7-13-20(27)15(18)2/h3-13,22,26-27H,1-2H3. The zero-order chi connectivity index (χ0) is 19.2. The van der Waals surface area contributed by atoms with Crippen molar-refractivity contribution in [1.29, 1.82) is 0 Å². The molecule has 3 aromatic carbocycles. The lowest BCUT2D eigenvalue weighted by Crippen LogP contribution is -2.02. The highest BCUT2D eigenvalue weighted by Crippen LogP contribution is 2.25. The lowest BCUT2D eigenvalue weighted by molar-refractivity contribution is 1.18. The Hall–Kier alpha value is -2.57. The fraction of sp³-hybridized carbons (Fsp3) is 0.0952. The Labute approximate surface area is 170 Å². The number of nitrogens with one attached hydrogen (secondary N) is 1. The average Bonchev–Trinajstić information content (AvgIpc) is 2.68. The maximum absolute atomic E-state index is 4.49. The minimum absolute atomic E-state index is 0.489. The predicted molar refractivity (Wildman–Crippen MR) is 118 cm³/mol. The quantitative estimate of drug-likeness (QED) is 0.155. The first-order valence-electron chi connectivity index (χ1n) is 8.44. The molecule has 0 spiro atoms. The number of hydrogen-bond acceptors (Lipinski definition) is 5. The van der Waals surface area contributed by atoms with Crippen LogP contribution >= 0.6 is 25.3 Å². The average molecular weight is 393 g/mol. The van der Waals surface area contributed by atoms with Crippen LogP contribution in [0.25, 0.3) is 0 Å². The lowest BCUT2D eigenvalue weighted by Gasteiger charge is -2.08. The van der Waals surface area contributed by atoms with Crippen molar-refractivity contribution in [2.75, 3.05) is 5.43 Å². The van der Waals surface area contributed by atoms with Crippen LogP contribution in [-0.4, -0.2) is 5.84 Å². The summed E-state index contributed by atoms with van der Waals surface area (Å²) in [4.78, 5) is 1.78. The van der Waals surface area contributed by atoms with Crippen molar-refractivity contribution in [1.82, 2.24) is 0 Å². The van der Waals surface area contributed by atoms with E-state index in [-0.39, 0.29) is 0 Å². The maximum Gasteiger partial charge on any atom is 0.201 e. The monoisotopic (exact) mass is 392 g/mol. The van der Waals surface area contributed by atoms with Crippen LogP contribution in [0.1, 0.15) is 16.7 Å². The predicted octanol–water partition coefficient (Wildman–Crippen LogP) is 6.44. The summed E-state index contributed by atoms with van der Waals surface area (Å²) in [7, 11) is 0. The first-order valence-corrected chi connectivity index (χ1v) is 9.33. The zero-order valence-electron chi connectivity index (χ0n) is 15.1. The third-order valence-electron chi connectivity index (χ3n) is 4.15. The summed E-state index contributed by atoms with van der Waals surface area (Å²) in [5.74, 6) is 0.489. The fourth-order valence-corrected chi connectivity index (χ4v) is 2.82. The Morgan fingerprint density at radius 2 is 1.44 bits per heavy atom. The molecule has 0 aliphatic carbocycles. The Morgan fingerprint density at radius 3 is 2.19 bits per heavy atom. The van der Waals surface area contributed by atoms with Gasteiger partial charge in [-0.3, -0.25) is 5.43 Å². The largest absolute Gasteiger partial charge is 0.276 e. The molecule has 0 bridgehead atoms. The van der Waals surface area contributed by atoms with E-state index in [1.807, 2.05) is 80.6 Å². The van der Waals surface area contributed by atoms with Gasteiger partial charge >= 0.3 is 0 Å². The van der Waals surface area contributed by atoms with Gasteiger partial charge in [-0.25, -0.2) is 0 Å². The van der Waals surface area contributed by atoms with E-state index in [1.165, 1.54) is 0 Å². The molecule has 0 fully saturated rings. The molecule has 0 aliphatic rings. The van der Waals surface area contributed by atoms with Crippen molar-refractivity contribution in [3.05, 3.63) is 83.4 Å². The van der Waals surface area contributed by atoms with Gasteiger partial charge in [0.15, 0.2) is 0 Å². The molecule has 0 atom stereocenters. The lowest BCUT2D eigenvalue weighted by atomic mass is 10.2. The van der Waals surface area contributed by atoms with Gasteiger partial charge in [0, 0.05) is 15.4 Å². The van der Waals surface area contributed by atoms with Crippen LogP contribution in [0.15, 0.2) is 91.9 Å². The second kappa shape index (κ2) is 8.88. The number of thiol groups is 2. The van der Waals surface area contributed by atoms with Crippen molar-refractivity contribution in [3.63, 3.8) is 0 Å². The third-order valence-corrected chi connectivity index (χ3v) is 5.12. The number of hydrogen-bond donors (Lipinski definition) is 3. The molecule has 0 saturated carbocycles. The molecular formula is C21H20N4S2. The minimum Gasteiger partial charge on any atom is -0.276 e. The minimum atomic E-state index is 0.489. The van der Waals surface area contributed by atoms with E-state index in [4.69, 9.17) is 0 Å². The third kappa shape index (κ3) is 4.78. The summed E-state index contributed by atoms with van der Waals surface area (Å²) in [6.45, 7) is 3.96. The molecule has 27 heavy (non-hydrogen) atoms. The van der Waals surface area contributed by atoms with Crippen molar-refractivity contribution in [3.8, 4) is 0 Å². The van der Waals surface area contributed by atoms with Crippen LogP contribution in [0.2, 0.25) is 0 Å². The van der Waals surface area contributed by atoms with Gasteiger partial charge in [-0.2, -0.15) is 5.10 Å². The molecule has 3 rings (SSSR count). The van der Waals surface area contributed by atoms with E-state index in [9.17, 15) is 0 Å². The van der Waals surface area contributed by atoms with E-state index < -0.39 is 0 Å². The van der Waals surface area contributed by atoms with Crippen LogP contribution in [0.5, 0.6) is 0 Å². The smallest absolute Gasteiger partial charge is 0.201 e. The Morgan fingerprint density at radius 1 is 0.778 bits per heavy atom. The molecular weight excluding hydrogens is 372 g/mol. The fourth-order valence-electron chi connectivity index (χ4n) is 2.41. The summed E-state index contributed by atoms with van der Waals surface area (Å²) >= 11 is 8.89. The molecule has 4 nitrogen and oxygen atoms in total. The van der Waals surface area contributed by atoms with Crippen molar-refractivity contribution < 1.29 is 0 Å². The molecule has 0 aromatic heterocycles. The highest BCUT2D eigenvalue weighted by Gasteiger charge is 2.06. The van der Waals surface area contributed by atoms with Crippen molar-refractivity contribution in [2.45, 2.75) is 23.6 Å². The molecule has 0 aliphatic heterocycles. The Kier molecular flexibility index (Phi) is 6.32. The summed E-state index contributed by atoms with van der Waals surface area (Å²) in [6.07, 6.45) is 0. The van der Waals surface area contributed by atoms with Crippen LogP contribution in [0, 0.1) is 13.8 Å². The van der Waals surface area contributed by atoms with E-state index in [1.54, 1.807) is 0 Å². The highest BCUT2D eigenvalue weighted by atomic mass is 32.1. The van der Waals surface area contributed by atoms with Gasteiger partial charge in [0.05, 0.1) is 11.4 Å². The van der Waals surface area contributed by atoms with E-state index >= 15 is 0 Å². The molecule has 136 valence electrons. The van der Waals surface area contributed by atoms with Crippen LogP contribution in [0.3, 0.4) is 0 Å². The van der Waals surface area contributed by atoms with Gasteiger partial charge in [0.1, 0.15) is 0 Å². The van der Waals surface area contributed by atoms with E-state index in [0.29, 0.717) is 5.84 Å². The number of amidine groups is 1. The molecule has 0 heterocycles. The van der Waals surface area contributed by atoms with Gasteiger partial charge in [-0.1, -0.05) is 42.5 Å². The second-order valence-electron chi connectivity index (χ2n) is 5.98. The summed E-state index contributed by atoms with van der Waals surface area (Å²) in [6, 6.07) is 21.3. The molecule has 6 heteroatoms. The maximum atomic E-state index is 4.49. The molecule has 0 amide bonds. The summed E-state index contributed by atoms with van der Waals surface area (Å²) in [5, 5.41) is 13.3.